The quantitative estimate of drug-likeness (QED) is 0.841. The SMILES string of the molecule is O=C(NC1CC1)C(=O)N1CCN(c2ccnc3ccsc23)CC1. The largest absolute Gasteiger partial charge is 0.367 e. The van der Waals surface area contributed by atoms with Gasteiger partial charge in [0, 0.05) is 38.4 Å². The lowest BCUT2D eigenvalue weighted by Gasteiger charge is -2.35. The molecule has 1 aliphatic carbocycles. The third-order valence-corrected chi connectivity index (χ3v) is 5.26. The van der Waals surface area contributed by atoms with Crippen LogP contribution in [0.3, 0.4) is 0 Å². The molecule has 2 aromatic heterocycles. The minimum absolute atomic E-state index is 0.219. The topological polar surface area (TPSA) is 65.5 Å². The monoisotopic (exact) mass is 330 g/mol. The van der Waals surface area contributed by atoms with Gasteiger partial charge < -0.3 is 15.1 Å². The summed E-state index contributed by atoms with van der Waals surface area (Å²) < 4.78 is 1.18. The fourth-order valence-corrected chi connectivity index (χ4v) is 3.77. The number of hydrogen-bond acceptors (Lipinski definition) is 5. The molecule has 1 aliphatic heterocycles. The van der Waals surface area contributed by atoms with Crippen molar-refractivity contribution < 1.29 is 9.59 Å². The van der Waals surface area contributed by atoms with Gasteiger partial charge in [-0.25, -0.2) is 0 Å². The molecule has 2 amide bonds. The van der Waals surface area contributed by atoms with Crippen molar-refractivity contribution in [2.45, 2.75) is 18.9 Å². The van der Waals surface area contributed by atoms with Gasteiger partial charge in [-0.05, 0) is 30.4 Å². The first kappa shape index (κ1) is 14.4. The first-order valence-corrected chi connectivity index (χ1v) is 8.77. The summed E-state index contributed by atoms with van der Waals surface area (Å²) in [7, 11) is 0. The van der Waals surface area contributed by atoms with E-state index in [1.54, 1.807) is 16.2 Å². The molecule has 3 heterocycles. The van der Waals surface area contributed by atoms with Gasteiger partial charge in [-0.3, -0.25) is 14.6 Å². The summed E-state index contributed by atoms with van der Waals surface area (Å²) in [6.07, 6.45) is 3.81. The first-order valence-electron chi connectivity index (χ1n) is 7.89. The minimum Gasteiger partial charge on any atom is -0.367 e. The smallest absolute Gasteiger partial charge is 0.312 e. The molecular formula is C16H18N4O2S. The predicted octanol–water partition coefficient (Wildman–Crippen LogP) is 1.22. The number of piperazine rings is 1. The van der Waals surface area contributed by atoms with Gasteiger partial charge in [0.2, 0.25) is 0 Å². The number of pyridine rings is 1. The second-order valence-corrected chi connectivity index (χ2v) is 6.91. The van der Waals surface area contributed by atoms with Crippen LogP contribution in [0.4, 0.5) is 5.69 Å². The molecule has 2 aromatic rings. The normalized spacial score (nSPS) is 18.3. The molecule has 0 radical (unpaired) electrons. The lowest BCUT2D eigenvalue weighted by Crippen LogP contribution is -2.53. The van der Waals surface area contributed by atoms with Crippen molar-refractivity contribution in [3.63, 3.8) is 0 Å². The number of nitrogens with zero attached hydrogens (tertiary/aromatic N) is 3. The zero-order valence-corrected chi connectivity index (χ0v) is 13.5. The van der Waals surface area contributed by atoms with E-state index >= 15 is 0 Å². The molecule has 0 aromatic carbocycles. The zero-order chi connectivity index (χ0) is 15.8. The lowest BCUT2D eigenvalue weighted by atomic mass is 10.2. The second-order valence-electron chi connectivity index (χ2n) is 5.99. The standard InChI is InChI=1S/C16H18N4O2S/c21-15(18-11-1-2-11)16(22)20-8-6-19(7-9-20)13-3-5-17-12-4-10-23-14(12)13/h3-5,10-11H,1-2,6-9H2,(H,18,21). The summed E-state index contributed by atoms with van der Waals surface area (Å²) in [5, 5.41) is 4.81. The van der Waals surface area contributed by atoms with E-state index in [1.807, 2.05) is 23.7 Å². The molecule has 7 heteroatoms. The van der Waals surface area contributed by atoms with Gasteiger partial charge in [0.15, 0.2) is 0 Å². The summed E-state index contributed by atoms with van der Waals surface area (Å²) in [5.41, 5.74) is 2.18. The van der Waals surface area contributed by atoms with Crippen molar-refractivity contribution in [2.75, 3.05) is 31.1 Å². The number of amides is 2. The van der Waals surface area contributed by atoms with E-state index in [9.17, 15) is 9.59 Å². The van der Waals surface area contributed by atoms with E-state index in [-0.39, 0.29) is 6.04 Å². The van der Waals surface area contributed by atoms with Gasteiger partial charge in [0.25, 0.3) is 0 Å². The molecule has 1 saturated carbocycles. The average Bonchev–Trinajstić information content (AvgIpc) is 3.26. The Morgan fingerprint density at radius 1 is 1.17 bits per heavy atom. The van der Waals surface area contributed by atoms with Crippen LogP contribution in [0.2, 0.25) is 0 Å². The molecule has 0 bridgehead atoms. The lowest BCUT2D eigenvalue weighted by molar-refractivity contribution is -0.146. The molecular weight excluding hydrogens is 312 g/mol. The summed E-state index contributed by atoms with van der Waals surface area (Å²) in [5.74, 6) is -0.849. The van der Waals surface area contributed by atoms with E-state index < -0.39 is 11.8 Å². The molecule has 1 N–H and O–H groups in total. The van der Waals surface area contributed by atoms with Crippen LogP contribution in [-0.2, 0) is 9.59 Å². The highest BCUT2D eigenvalue weighted by molar-refractivity contribution is 7.17. The van der Waals surface area contributed by atoms with Crippen LogP contribution < -0.4 is 10.2 Å². The Labute approximate surface area is 138 Å². The number of fused-ring (bicyclic) bond motifs is 1. The Morgan fingerprint density at radius 2 is 1.96 bits per heavy atom. The molecule has 4 rings (SSSR count). The molecule has 23 heavy (non-hydrogen) atoms. The van der Waals surface area contributed by atoms with Crippen LogP contribution in [0.15, 0.2) is 23.7 Å². The van der Waals surface area contributed by atoms with Gasteiger partial charge >= 0.3 is 11.8 Å². The van der Waals surface area contributed by atoms with E-state index in [0.717, 1.165) is 31.4 Å². The van der Waals surface area contributed by atoms with E-state index in [1.165, 1.54) is 10.4 Å². The molecule has 0 atom stereocenters. The highest BCUT2D eigenvalue weighted by atomic mass is 32.1. The number of hydrogen-bond donors (Lipinski definition) is 1. The van der Waals surface area contributed by atoms with Crippen LogP contribution >= 0.6 is 11.3 Å². The van der Waals surface area contributed by atoms with Crippen molar-refractivity contribution in [3.8, 4) is 0 Å². The van der Waals surface area contributed by atoms with E-state index in [0.29, 0.717) is 13.1 Å². The van der Waals surface area contributed by atoms with Gasteiger partial charge in [0.1, 0.15) is 0 Å². The Kier molecular flexibility index (Phi) is 3.65. The van der Waals surface area contributed by atoms with Crippen molar-refractivity contribution in [1.29, 1.82) is 0 Å². The number of thiophene rings is 1. The molecule has 1 saturated heterocycles. The van der Waals surface area contributed by atoms with Gasteiger partial charge in [0.05, 0.1) is 15.9 Å². The number of aromatic nitrogens is 1. The van der Waals surface area contributed by atoms with E-state index in [2.05, 4.69) is 15.2 Å². The highest BCUT2D eigenvalue weighted by Gasteiger charge is 2.30. The molecule has 0 spiro atoms. The fourth-order valence-electron chi connectivity index (χ4n) is 2.88. The maximum atomic E-state index is 12.2. The fraction of sp³-hybridized carbons (Fsp3) is 0.438. The Bertz CT molecular complexity index is 747. The summed E-state index contributed by atoms with van der Waals surface area (Å²) in [6.45, 7) is 2.62. The predicted molar refractivity (Wildman–Crippen MR) is 89.6 cm³/mol. The summed E-state index contributed by atoms with van der Waals surface area (Å²) in [6, 6.07) is 4.26. The molecule has 0 unspecified atom stereocenters. The van der Waals surface area contributed by atoms with Crippen LogP contribution in [-0.4, -0.2) is 53.9 Å². The van der Waals surface area contributed by atoms with E-state index in [4.69, 9.17) is 0 Å². The molecule has 2 fully saturated rings. The van der Waals surface area contributed by atoms with Gasteiger partial charge in [-0.15, -0.1) is 11.3 Å². The number of carbonyl (C=O) groups is 2. The maximum Gasteiger partial charge on any atom is 0.312 e. The Hall–Kier alpha value is -2.15. The number of rotatable bonds is 2. The first-order chi connectivity index (χ1) is 11.2. The molecule has 2 aliphatic rings. The summed E-state index contributed by atoms with van der Waals surface area (Å²) >= 11 is 1.68. The van der Waals surface area contributed by atoms with Crippen molar-refractivity contribution in [1.82, 2.24) is 15.2 Å². The summed E-state index contributed by atoms with van der Waals surface area (Å²) in [4.78, 5) is 32.3. The third-order valence-electron chi connectivity index (χ3n) is 4.34. The molecule has 120 valence electrons. The number of nitrogens with one attached hydrogen (secondary N) is 1. The van der Waals surface area contributed by atoms with Crippen molar-refractivity contribution >= 4 is 39.1 Å². The van der Waals surface area contributed by atoms with Crippen LogP contribution in [0.5, 0.6) is 0 Å². The van der Waals surface area contributed by atoms with Crippen molar-refractivity contribution in [2.24, 2.45) is 0 Å². The van der Waals surface area contributed by atoms with Crippen LogP contribution in [0.25, 0.3) is 10.2 Å². The van der Waals surface area contributed by atoms with Gasteiger partial charge in [-0.2, -0.15) is 0 Å². The highest BCUT2D eigenvalue weighted by Crippen LogP contribution is 2.30. The van der Waals surface area contributed by atoms with Crippen LogP contribution in [0, 0.1) is 0 Å². The van der Waals surface area contributed by atoms with Crippen LogP contribution in [0.1, 0.15) is 12.8 Å². The Morgan fingerprint density at radius 3 is 2.70 bits per heavy atom. The minimum atomic E-state index is -0.453. The van der Waals surface area contributed by atoms with Crippen molar-refractivity contribution in [3.05, 3.63) is 23.7 Å². The number of anilines is 1. The number of carbonyl (C=O) groups excluding carboxylic acids is 2. The third kappa shape index (κ3) is 2.88. The zero-order valence-electron chi connectivity index (χ0n) is 12.7. The van der Waals surface area contributed by atoms with Gasteiger partial charge in [-0.1, -0.05) is 0 Å². The maximum absolute atomic E-state index is 12.2. The average molecular weight is 330 g/mol. The second kappa shape index (κ2) is 5.81. The Balaban J connectivity index is 1.41. The molecule has 6 nitrogen and oxygen atoms in total.